The Kier molecular flexibility index (Phi) is 6.10. The van der Waals surface area contributed by atoms with E-state index < -0.39 is 0 Å². The van der Waals surface area contributed by atoms with Crippen LogP contribution in [-0.4, -0.2) is 38.0 Å². The van der Waals surface area contributed by atoms with Crippen molar-refractivity contribution < 1.29 is 19.4 Å². The Morgan fingerprint density at radius 3 is 2.59 bits per heavy atom. The van der Waals surface area contributed by atoms with E-state index in [-0.39, 0.29) is 23.3 Å². The van der Waals surface area contributed by atoms with Crippen LogP contribution in [0.15, 0.2) is 46.8 Å². The molecular weight excluding hydrogens is 368 g/mol. The molecule has 1 fully saturated rings. The van der Waals surface area contributed by atoms with Gasteiger partial charge in [-0.3, -0.25) is 0 Å². The summed E-state index contributed by atoms with van der Waals surface area (Å²) in [5.41, 5.74) is 3.49. The number of rotatable bonds is 5. The van der Waals surface area contributed by atoms with E-state index in [0.717, 1.165) is 17.7 Å². The number of fused-ring (bicyclic) bond motifs is 1. The third-order valence-corrected chi connectivity index (χ3v) is 5.75. The van der Waals surface area contributed by atoms with E-state index in [1.165, 1.54) is 5.57 Å². The van der Waals surface area contributed by atoms with Crippen LogP contribution in [0.25, 0.3) is 0 Å². The summed E-state index contributed by atoms with van der Waals surface area (Å²) >= 11 is 0. The van der Waals surface area contributed by atoms with Gasteiger partial charge < -0.3 is 24.7 Å². The van der Waals surface area contributed by atoms with Gasteiger partial charge in [-0.1, -0.05) is 37.2 Å². The highest BCUT2D eigenvalue weighted by Gasteiger charge is 2.43. The predicted octanol–water partition coefficient (Wildman–Crippen LogP) is 4.46. The van der Waals surface area contributed by atoms with Crippen LogP contribution in [0.4, 0.5) is 0 Å². The lowest BCUT2D eigenvalue weighted by atomic mass is 9.69. The SMILES string of the molecule is CCOC(=NO)C1C(C)NC2=CC(C)(C)CC=C2C1c1ccc(OC)c(OC)c1. The number of methoxy groups -OCH3 is 2. The van der Waals surface area contributed by atoms with Crippen molar-refractivity contribution in [2.24, 2.45) is 16.5 Å². The zero-order valence-electron chi connectivity index (χ0n) is 18.2. The fourth-order valence-electron chi connectivity index (χ4n) is 4.38. The molecule has 1 aliphatic carbocycles. The van der Waals surface area contributed by atoms with Crippen LogP contribution in [0, 0.1) is 11.3 Å². The molecule has 0 amide bonds. The van der Waals surface area contributed by atoms with Gasteiger partial charge in [-0.25, -0.2) is 0 Å². The van der Waals surface area contributed by atoms with Gasteiger partial charge in [-0.2, -0.15) is 0 Å². The molecule has 29 heavy (non-hydrogen) atoms. The first-order chi connectivity index (χ1) is 13.8. The van der Waals surface area contributed by atoms with Gasteiger partial charge >= 0.3 is 0 Å². The third kappa shape index (κ3) is 4.07. The largest absolute Gasteiger partial charge is 0.493 e. The van der Waals surface area contributed by atoms with Crippen molar-refractivity contribution in [3.05, 3.63) is 47.2 Å². The zero-order valence-corrected chi connectivity index (χ0v) is 18.2. The molecule has 6 nitrogen and oxygen atoms in total. The van der Waals surface area contributed by atoms with Crippen LogP contribution in [0.1, 0.15) is 45.6 Å². The summed E-state index contributed by atoms with van der Waals surface area (Å²) in [7, 11) is 3.27. The number of ether oxygens (including phenoxy) is 3. The average Bonchev–Trinajstić information content (AvgIpc) is 2.70. The zero-order chi connectivity index (χ0) is 21.2. The lowest BCUT2D eigenvalue weighted by Gasteiger charge is -2.43. The quantitative estimate of drug-likeness (QED) is 0.330. The van der Waals surface area contributed by atoms with Crippen LogP contribution in [0.5, 0.6) is 11.5 Å². The molecule has 6 heteroatoms. The first-order valence-corrected chi connectivity index (χ1v) is 10.1. The van der Waals surface area contributed by atoms with E-state index in [1.807, 2.05) is 19.1 Å². The lowest BCUT2D eigenvalue weighted by Crippen LogP contribution is -2.48. The first kappa shape index (κ1) is 21.1. The molecule has 1 heterocycles. The van der Waals surface area contributed by atoms with Gasteiger partial charge in [-0.05, 0) is 49.0 Å². The molecule has 3 rings (SSSR count). The Morgan fingerprint density at radius 2 is 1.97 bits per heavy atom. The number of nitrogens with one attached hydrogen (secondary N) is 1. The van der Waals surface area contributed by atoms with Crippen molar-refractivity contribution in [3.8, 4) is 11.5 Å². The molecule has 3 unspecified atom stereocenters. The minimum absolute atomic E-state index is 0.0165. The van der Waals surface area contributed by atoms with Gasteiger partial charge in [0.2, 0.25) is 5.90 Å². The smallest absolute Gasteiger partial charge is 0.231 e. The molecular formula is C23H32N2O4. The van der Waals surface area contributed by atoms with E-state index >= 15 is 0 Å². The van der Waals surface area contributed by atoms with Gasteiger partial charge in [0.05, 0.1) is 26.7 Å². The molecule has 0 aromatic heterocycles. The van der Waals surface area contributed by atoms with Crippen LogP contribution in [-0.2, 0) is 4.74 Å². The highest BCUT2D eigenvalue weighted by atomic mass is 16.5. The van der Waals surface area contributed by atoms with Crippen LogP contribution in [0.3, 0.4) is 0 Å². The van der Waals surface area contributed by atoms with Crippen molar-refractivity contribution in [3.63, 3.8) is 0 Å². The van der Waals surface area contributed by atoms with E-state index in [1.54, 1.807) is 14.2 Å². The molecule has 1 aliphatic heterocycles. The predicted molar refractivity (Wildman–Crippen MR) is 114 cm³/mol. The lowest BCUT2D eigenvalue weighted by molar-refractivity contribution is 0.226. The van der Waals surface area contributed by atoms with E-state index in [0.29, 0.717) is 24.0 Å². The van der Waals surface area contributed by atoms with Crippen molar-refractivity contribution in [1.82, 2.24) is 5.32 Å². The maximum absolute atomic E-state index is 9.71. The van der Waals surface area contributed by atoms with Gasteiger partial charge in [0.1, 0.15) is 0 Å². The summed E-state index contributed by atoms with van der Waals surface area (Å²) in [6.07, 6.45) is 5.54. The second-order valence-corrected chi connectivity index (χ2v) is 8.33. The van der Waals surface area contributed by atoms with E-state index in [4.69, 9.17) is 14.2 Å². The van der Waals surface area contributed by atoms with Gasteiger partial charge in [0.15, 0.2) is 11.5 Å². The van der Waals surface area contributed by atoms with Gasteiger partial charge in [-0.15, -0.1) is 0 Å². The fraction of sp³-hybridized carbons (Fsp3) is 0.522. The van der Waals surface area contributed by atoms with Gasteiger partial charge in [0.25, 0.3) is 0 Å². The summed E-state index contributed by atoms with van der Waals surface area (Å²) in [6, 6.07) is 6.00. The number of hydrogen-bond acceptors (Lipinski definition) is 6. The summed E-state index contributed by atoms with van der Waals surface area (Å²) in [4.78, 5) is 0. The molecule has 0 saturated carbocycles. The molecule has 2 N–H and O–H groups in total. The van der Waals surface area contributed by atoms with Crippen molar-refractivity contribution in [1.29, 1.82) is 0 Å². The monoisotopic (exact) mass is 400 g/mol. The third-order valence-electron chi connectivity index (χ3n) is 5.75. The maximum atomic E-state index is 9.71. The molecule has 3 atom stereocenters. The van der Waals surface area contributed by atoms with Crippen LogP contribution < -0.4 is 14.8 Å². The van der Waals surface area contributed by atoms with E-state index in [9.17, 15) is 5.21 Å². The minimum atomic E-state index is -0.164. The number of oxime groups is 1. The minimum Gasteiger partial charge on any atom is -0.493 e. The normalized spacial score (nSPS) is 25.9. The Labute approximate surface area is 173 Å². The second-order valence-electron chi connectivity index (χ2n) is 8.33. The van der Waals surface area contributed by atoms with Crippen LogP contribution >= 0.6 is 0 Å². The Bertz CT molecular complexity index is 841. The van der Waals surface area contributed by atoms with Crippen molar-refractivity contribution in [2.45, 2.75) is 46.1 Å². The van der Waals surface area contributed by atoms with E-state index in [2.05, 4.69) is 49.5 Å². The fourth-order valence-corrected chi connectivity index (χ4v) is 4.38. The molecule has 2 aliphatic rings. The molecule has 1 saturated heterocycles. The Balaban J connectivity index is 2.15. The number of nitrogens with zero attached hydrogens (tertiary/aromatic N) is 1. The number of hydrogen-bond donors (Lipinski definition) is 2. The maximum Gasteiger partial charge on any atom is 0.231 e. The summed E-state index contributed by atoms with van der Waals surface area (Å²) in [5.74, 6) is 1.51. The second kappa shape index (κ2) is 8.39. The number of benzene rings is 1. The van der Waals surface area contributed by atoms with Crippen LogP contribution in [0.2, 0.25) is 0 Å². The highest BCUT2D eigenvalue weighted by Crippen LogP contribution is 2.47. The van der Waals surface area contributed by atoms with Crippen molar-refractivity contribution in [2.75, 3.05) is 20.8 Å². The Morgan fingerprint density at radius 1 is 1.24 bits per heavy atom. The molecule has 0 radical (unpaired) electrons. The average molecular weight is 401 g/mol. The molecule has 1 aromatic carbocycles. The highest BCUT2D eigenvalue weighted by molar-refractivity contribution is 5.82. The standard InChI is InChI=1S/C23H32N2O4/c1-7-29-22(25-26)20-14(2)24-17-13-23(3,4)11-10-16(17)21(20)15-8-9-18(27-5)19(12-15)28-6/h8-10,12-14,20-21,24,26H,7,11H2,1-6H3. The first-order valence-electron chi connectivity index (χ1n) is 10.1. The molecule has 1 aromatic rings. The van der Waals surface area contributed by atoms with Crippen molar-refractivity contribution >= 4 is 5.90 Å². The summed E-state index contributed by atoms with van der Waals surface area (Å²) < 4.78 is 16.7. The number of allylic oxidation sites excluding steroid dienone is 3. The molecule has 0 bridgehead atoms. The molecule has 158 valence electrons. The molecule has 0 spiro atoms. The summed E-state index contributed by atoms with van der Waals surface area (Å²) in [6.45, 7) is 8.90. The van der Waals surface area contributed by atoms with Gasteiger partial charge in [0, 0.05) is 17.7 Å². The number of piperidine rings is 1. The topological polar surface area (TPSA) is 72.3 Å². The Hall–Kier alpha value is -2.63. The summed E-state index contributed by atoms with van der Waals surface area (Å²) in [5, 5.41) is 16.8.